The third-order valence-corrected chi connectivity index (χ3v) is 3.76. The molecule has 0 atom stereocenters. The van der Waals surface area contributed by atoms with Crippen LogP contribution in [-0.2, 0) is 11.2 Å². The summed E-state index contributed by atoms with van der Waals surface area (Å²) in [6, 6.07) is 5.62. The van der Waals surface area contributed by atoms with Gasteiger partial charge in [0.1, 0.15) is 5.75 Å². The Kier molecular flexibility index (Phi) is 4.42. The zero-order valence-electron chi connectivity index (χ0n) is 12.3. The number of ether oxygens (including phenoxy) is 1. The van der Waals surface area contributed by atoms with Crippen LogP contribution in [0.1, 0.15) is 42.6 Å². The fourth-order valence-corrected chi connectivity index (χ4v) is 2.25. The number of fused-ring (bicyclic) bond motifs is 1. The molecule has 0 N–H and O–H groups in total. The Morgan fingerprint density at radius 1 is 1.35 bits per heavy atom. The zero-order valence-corrected chi connectivity index (χ0v) is 12.3. The van der Waals surface area contributed by atoms with E-state index in [9.17, 15) is 9.59 Å². The summed E-state index contributed by atoms with van der Waals surface area (Å²) in [5.74, 6) is 0.811. The molecule has 0 aromatic heterocycles. The molecule has 0 fully saturated rings. The number of rotatable bonds is 4. The van der Waals surface area contributed by atoms with Gasteiger partial charge in [0.05, 0.1) is 0 Å². The second-order valence-corrected chi connectivity index (χ2v) is 5.48. The molecule has 2 rings (SSSR count). The summed E-state index contributed by atoms with van der Waals surface area (Å²) >= 11 is 0. The minimum absolute atomic E-state index is 0.0292. The van der Waals surface area contributed by atoms with Gasteiger partial charge in [-0.25, -0.2) is 0 Å². The average molecular weight is 275 g/mol. The standard InChI is InChI=1S/C16H21NO3/c1-11(2)17(3)16(19)10-20-13-7-8-14-12(9-13)5-4-6-15(14)18/h7-9,11H,4-6,10H2,1-3H3. The van der Waals surface area contributed by atoms with Crippen LogP contribution in [0.3, 0.4) is 0 Å². The smallest absolute Gasteiger partial charge is 0.260 e. The van der Waals surface area contributed by atoms with Crippen LogP contribution < -0.4 is 4.74 Å². The molecule has 0 saturated carbocycles. The van der Waals surface area contributed by atoms with Gasteiger partial charge in [0.2, 0.25) is 0 Å². The molecule has 0 saturated heterocycles. The summed E-state index contributed by atoms with van der Waals surface area (Å²) in [6.45, 7) is 3.95. The SMILES string of the molecule is CC(C)N(C)C(=O)COc1ccc2c(c1)CCCC2=O. The van der Waals surface area contributed by atoms with Gasteiger partial charge < -0.3 is 9.64 Å². The van der Waals surface area contributed by atoms with Crippen molar-refractivity contribution in [2.45, 2.75) is 39.2 Å². The molecule has 0 aliphatic heterocycles. The normalized spacial score (nSPS) is 14.1. The highest BCUT2D eigenvalue weighted by atomic mass is 16.5. The number of benzene rings is 1. The maximum Gasteiger partial charge on any atom is 0.260 e. The van der Waals surface area contributed by atoms with Crippen LogP contribution in [-0.4, -0.2) is 36.3 Å². The molecule has 0 unspecified atom stereocenters. The lowest BCUT2D eigenvalue weighted by Gasteiger charge is -2.21. The molecule has 1 aromatic carbocycles. The van der Waals surface area contributed by atoms with E-state index in [2.05, 4.69) is 0 Å². The van der Waals surface area contributed by atoms with E-state index in [-0.39, 0.29) is 24.3 Å². The number of carbonyl (C=O) groups is 2. The van der Waals surface area contributed by atoms with Crippen LogP contribution in [0.5, 0.6) is 5.75 Å². The van der Waals surface area contributed by atoms with Crippen LogP contribution in [0.2, 0.25) is 0 Å². The third kappa shape index (κ3) is 3.18. The van der Waals surface area contributed by atoms with E-state index in [0.717, 1.165) is 24.0 Å². The van der Waals surface area contributed by atoms with Crippen molar-refractivity contribution >= 4 is 11.7 Å². The fourth-order valence-electron chi connectivity index (χ4n) is 2.25. The number of ketones is 1. The topological polar surface area (TPSA) is 46.6 Å². The lowest BCUT2D eigenvalue weighted by atomic mass is 9.91. The van der Waals surface area contributed by atoms with Crippen molar-refractivity contribution in [1.29, 1.82) is 0 Å². The minimum atomic E-state index is -0.0474. The summed E-state index contributed by atoms with van der Waals surface area (Å²) in [6.07, 6.45) is 2.42. The van der Waals surface area contributed by atoms with Gasteiger partial charge in [-0.2, -0.15) is 0 Å². The summed E-state index contributed by atoms with van der Waals surface area (Å²) < 4.78 is 5.54. The quantitative estimate of drug-likeness (QED) is 0.848. The van der Waals surface area contributed by atoms with Crippen LogP contribution >= 0.6 is 0 Å². The molecule has 0 heterocycles. The predicted molar refractivity (Wildman–Crippen MR) is 77.1 cm³/mol. The van der Waals surface area contributed by atoms with E-state index >= 15 is 0 Å². The van der Waals surface area contributed by atoms with E-state index in [4.69, 9.17) is 4.74 Å². The Morgan fingerprint density at radius 3 is 2.80 bits per heavy atom. The Hall–Kier alpha value is -1.84. The second-order valence-electron chi connectivity index (χ2n) is 5.48. The number of amides is 1. The molecule has 0 bridgehead atoms. The molecule has 4 heteroatoms. The van der Waals surface area contributed by atoms with Crippen molar-refractivity contribution in [3.05, 3.63) is 29.3 Å². The molecule has 1 amide bonds. The number of hydrogen-bond donors (Lipinski definition) is 0. The Bertz CT molecular complexity index is 522. The van der Waals surface area contributed by atoms with E-state index in [1.807, 2.05) is 26.0 Å². The van der Waals surface area contributed by atoms with Gasteiger partial charge in [0, 0.05) is 25.1 Å². The molecular formula is C16H21NO3. The van der Waals surface area contributed by atoms with Crippen molar-refractivity contribution in [3.63, 3.8) is 0 Å². The van der Waals surface area contributed by atoms with Crippen LogP contribution in [0.25, 0.3) is 0 Å². The predicted octanol–water partition coefficient (Wildman–Crippen LogP) is 2.45. The van der Waals surface area contributed by atoms with Gasteiger partial charge in [-0.05, 0) is 50.5 Å². The average Bonchev–Trinajstić information content (AvgIpc) is 2.44. The highest BCUT2D eigenvalue weighted by molar-refractivity contribution is 5.98. The van der Waals surface area contributed by atoms with Crippen molar-refractivity contribution in [2.75, 3.05) is 13.7 Å². The summed E-state index contributed by atoms with van der Waals surface area (Å²) in [5.41, 5.74) is 1.83. The number of aryl methyl sites for hydroxylation is 1. The summed E-state index contributed by atoms with van der Waals surface area (Å²) in [7, 11) is 1.77. The van der Waals surface area contributed by atoms with E-state index < -0.39 is 0 Å². The van der Waals surface area contributed by atoms with Gasteiger partial charge in [-0.1, -0.05) is 0 Å². The molecule has 20 heavy (non-hydrogen) atoms. The van der Waals surface area contributed by atoms with Crippen molar-refractivity contribution in [3.8, 4) is 5.75 Å². The van der Waals surface area contributed by atoms with E-state index in [0.29, 0.717) is 12.2 Å². The number of likely N-dealkylation sites (N-methyl/N-ethyl adjacent to an activating group) is 1. The van der Waals surface area contributed by atoms with Gasteiger partial charge >= 0.3 is 0 Å². The Morgan fingerprint density at radius 2 is 2.10 bits per heavy atom. The van der Waals surface area contributed by atoms with Crippen LogP contribution in [0, 0.1) is 0 Å². The maximum absolute atomic E-state index is 11.8. The first-order valence-electron chi connectivity index (χ1n) is 7.03. The molecule has 1 aromatic rings. The molecule has 4 nitrogen and oxygen atoms in total. The summed E-state index contributed by atoms with van der Waals surface area (Å²) in [4.78, 5) is 25.2. The Balaban J connectivity index is 2.01. The second kappa shape index (κ2) is 6.07. The number of carbonyl (C=O) groups excluding carboxylic acids is 2. The van der Waals surface area contributed by atoms with Crippen molar-refractivity contribution in [2.24, 2.45) is 0 Å². The van der Waals surface area contributed by atoms with Gasteiger partial charge in [-0.15, -0.1) is 0 Å². The highest BCUT2D eigenvalue weighted by Crippen LogP contribution is 2.25. The molecule has 1 aliphatic carbocycles. The monoisotopic (exact) mass is 275 g/mol. The van der Waals surface area contributed by atoms with E-state index in [1.165, 1.54) is 0 Å². The largest absolute Gasteiger partial charge is 0.484 e. The molecule has 0 radical (unpaired) electrons. The van der Waals surface area contributed by atoms with Crippen LogP contribution in [0.4, 0.5) is 0 Å². The zero-order chi connectivity index (χ0) is 14.7. The van der Waals surface area contributed by atoms with E-state index in [1.54, 1.807) is 18.0 Å². The molecule has 108 valence electrons. The first-order chi connectivity index (χ1) is 9.49. The lowest BCUT2D eigenvalue weighted by Crippen LogP contribution is -2.36. The van der Waals surface area contributed by atoms with Gasteiger partial charge in [0.25, 0.3) is 5.91 Å². The fraction of sp³-hybridized carbons (Fsp3) is 0.500. The number of hydrogen-bond acceptors (Lipinski definition) is 3. The lowest BCUT2D eigenvalue weighted by molar-refractivity contribution is -0.133. The highest BCUT2D eigenvalue weighted by Gasteiger charge is 2.18. The minimum Gasteiger partial charge on any atom is -0.484 e. The number of nitrogens with zero attached hydrogens (tertiary/aromatic N) is 1. The maximum atomic E-state index is 11.8. The van der Waals surface area contributed by atoms with Crippen LogP contribution in [0.15, 0.2) is 18.2 Å². The molecule has 0 spiro atoms. The first-order valence-corrected chi connectivity index (χ1v) is 7.03. The van der Waals surface area contributed by atoms with Gasteiger partial charge in [0.15, 0.2) is 12.4 Å². The third-order valence-electron chi connectivity index (χ3n) is 3.76. The summed E-state index contributed by atoms with van der Waals surface area (Å²) in [5, 5.41) is 0. The first kappa shape index (κ1) is 14.6. The van der Waals surface area contributed by atoms with Gasteiger partial charge in [-0.3, -0.25) is 9.59 Å². The molecule has 1 aliphatic rings. The number of Topliss-reactive ketones (excluding diaryl/α,β-unsaturated/α-hetero) is 1. The van der Waals surface area contributed by atoms with Crippen molar-refractivity contribution < 1.29 is 14.3 Å². The Labute approximate surface area is 119 Å². The molecular weight excluding hydrogens is 254 g/mol. The van der Waals surface area contributed by atoms with Crippen molar-refractivity contribution in [1.82, 2.24) is 4.90 Å².